The van der Waals surface area contributed by atoms with Crippen molar-refractivity contribution in [3.63, 3.8) is 0 Å². The SMILES string of the molecule is Cc1ccc(N(c2ccccc2)c2ccc(C(C)C)cc2)cc1. The maximum atomic E-state index is 2.30. The predicted octanol–water partition coefficient (Wildman–Crippen LogP) is 6.59. The second-order valence-corrected chi connectivity index (χ2v) is 6.25. The van der Waals surface area contributed by atoms with E-state index in [1.54, 1.807) is 0 Å². The lowest BCUT2D eigenvalue weighted by Crippen LogP contribution is -2.09. The highest BCUT2D eigenvalue weighted by molar-refractivity contribution is 5.76. The molecule has 0 N–H and O–H groups in total. The van der Waals surface area contributed by atoms with E-state index in [0.717, 1.165) is 0 Å². The molecule has 116 valence electrons. The van der Waals surface area contributed by atoms with Gasteiger partial charge < -0.3 is 4.90 Å². The Kier molecular flexibility index (Phi) is 4.47. The Bertz CT molecular complexity index is 740. The molecule has 3 aromatic rings. The van der Waals surface area contributed by atoms with Gasteiger partial charge in [-0.3, -0.25) is 0 Å². The number of para-hydroxylation sites is 1. The van der Waals surface area contributed by atoms with Crippen molar-refractivity contribution >= 4 is 17.1 Å². The lowest BCUT2D eigenvalue weighted by molar-refractivity contribution is 0.866. The van der Waals surface area contributed by atoms with Gasteiger partial charge >= 0.3 is 0 Å². The third-order valence-corrected chi connectivity index (χ3v) is 4.12. The monoisotopic (exact) mass is 301 g/mol. The minimum Gasteiger partial charge on any atom is -0.311 e. The van der Waals surface area contributed by atoms with E-state index in [1.165, 1.54) is 28.2 Å². The zero-order chi connectivity index (χ0) is 16.2. The topological polar surface area (TPSA) is 3.24 Å². The van der Waals surface area contributed by atoms with E-state index >= 15 is 0 Å². The Hall–Kier alpha value is -2.54. The van der Waals surface area contributed by atoms with Gasteiger partial charge in [0.05, 0.1) is 0 Å². The highest BCUT2D eigenvalue weighted by Crippen LogP contribution is 2.34. The summed E-state index contributed by atoms with van der Waals surface area (Å²) in [5, 5.41) is 0. The molecule has 0 aliphatic heterocycles. The van der Waals surface area contributed by atoms with Crippen LogP contribution in [0.1, 0.15) is 30.9 Å². The number of hydrogen-bond donors (Lipinski definition) is 0. The molecular formula is C22H23N. The third-order valence-electron chi connectivity index (χ3n) is 4.12. The second-order valence-electron chi connectivity index (χ2n) is 6.25. The van der Waals surface area contributed by atoms with Crippen LogP contribution in [0.3, 0.4) is 0 Å². The molecule has 0 saturated carbocycles. The van der Waals surface area contributed by atoms with Crippen LogP contribution in [0.15, 0.2) is 78.9 Å². The number of anilines is 3. The van der Waals surface area contributed by atoms with Gasteiger partial charge in [-0.25, -0.2) is 0 Å². The van der Waals surface area contributed by atoms with E-state index in [2.05, 4.69) is 105 Å². The summed E-state index contributed by atoms with van der Waals surface area (Å²) in [6, 6.07) is 28.1. The van der Waals surface area contributed by atoms with Crippen LogP contribution < -0.4 is 4.90 Å². The van der Waals surface area contributed by atoms with Gasteiger partial charge in [-0.05, 0) is 54.8 Å². The van der Waals surface area contributed by atoms with Gasteiger partial charge in [-0.1, -0.05) is 61.9 Å². The molecule has 0 aliphatic rings. The van der Waals surface area contributed by atoms with Gasteiger partial charge in [0.1, 0.15) is 0 Å². The largest absolute Gasteiger partial charge is 0.311 e. The van der Waals surface area contributed by atoms with Gasteiger partial charge in [-0.2, -0.15) is 0 Å². The quantitative estimate of drug-likeness (QED) is 0.525. The molecule has 0 aromatic heterocycles. The molecule has 1 nitrogen and oxygen atoms in total. The van der Waals surface area contributed by atoms with Crippen molar-refractivity contribution in [1.82, 2.24) is 0 Å². The molecule has 3 aromatic carbocycles. The zero-order valence-corrected chi connectivity index (χ0v) is 14.0. The van der Waals surface area contributed by atoms with Crippen molar-refractivity contribution in [2.45, 2.75) is 26.7 Å². The molecule has 3 rings (SSSR count). The predicted molar refractivity (Wildman–Crippen MR) is 100.0 cm³/mol. The van der Waals surface area contributed by atoms with E-state index < -0.39 is 0 Å². The van der Waals surface area contributed by atoms with E-state index in [-0.39, 0.29) is 0 Å². The highest BCUT2D eigenvalue weighted by Gasteiger charge is 2.12. The fourth-order valence-corrected chi connectivity index (χ4v) is 2.73. The maximum absolute atomic E-state index is 2.30. The Morgan fingerprint density at radius 3 is 1.61 bits per heavy atom. The second kappa shape index (κ2) is 6.70. The van der Waals surface area contributed by atoms with Crippen molar-refractivity contribution in [2.75, 3.05) is 4.90 Å². The molecule has 0 heterocycles. The molecule has 0 radical (unpaired) electrons. The first-order valence-corrected chi connectivity index (χ1v) is 8.17. The summed E-state index contributed by atoms with van der Waals surface area (Å²) < 4.78 is 0. The number of hydrogen-bond acceptors (Lipinski definition) is 1. The molecule has 0 bridgehead atoms. The summed E-state index contributed by atoms with van der Waals surface area (Å²) in [5.74, 6) is 0.550. The summed E-state index contributed by atoms with van der Waals surface area (Å²) in [5.41, 5.74) is 6.18. The van der Waals surface area contributed by atoms with Crippen LogP contribution in [-0.4, -0.2) is 0 Å². The van der Waals surface area contributed by atoms with Crippen molar-refractivity contribution in [1.29, 1.82) is 0 Å². The number of rotatable bonds is 4. The van der Waals surface area contributed by atoms with E-state index in [9.17, 15) is 0 Å². The van der Waals surface area contributed by atoms with Gasteiger partial charge in [0.15, 0.2) is 0 Å². The number of aryl methyl sites for hydroxylation is 1. The van der Waals surface area contributed by atoms with Crippen LogP contribution in [0.4, 0.5) is 17.1 Å². The van der Waals surface area contributed by atoms with Gasteiger partial charge in [0.2, 0.25) is 0 Å². The average molecular weight is 301 g/mol. The van der Waals surface area contributed by atoms with Crippen molar-refractivity contribution in [3.05, 3.63) is 90.0 Å². The molecule has 0 aliphatic carbocycles. The van der Waals surface area contributed by atoms with Crippen LogP contribution in [0.5, 0.6) is 0 Å². The molecule has 0 saturated heterocycles. The summed E-state index contributed by atoms with van der Waals surface area (Å²) >= 11 is 0. The Morgan fingerprint density at radius 2 is 1.09 bits per heavy atom. The molecule has 0 atom stereocenters. The fraction of sp³-hybridized carbons (Fsp3) is 0.182. The number of nitrogens with zero attached hydrogens (tertiary/aromatic N) is 1. The van der Waals surface area contributed by atoms with Crippen LogP contribution in [-0.2, 0) is 0 Å². The Balaban J connectivity index is 2.06. The molecule has 0 spiro atoms. The fourth-order valence-electron chi connectivity index (χ4n) is 2.73. The van der Waals surface area contributed by atoms with Crippen LogP contribution in [0.25, 0.3) is 0 Å². The van der Waals surface area contributed by atoms with E-state index in [1.807, 2.05) is 0 Å². The molecule has 0 amide bonds. The minimum atomic E-state index is 0.550. The Morgan fingerprint density at radius 1 is 0.609 bits per heavy atom. The first kappa shape index (κ1) is 15.4. The zero-order valence-electron chi connectivity index (χ0n) is 14.0. The molecule has 23 heavy (non-hydrogen) atoms. The lowest BCUT2D eigenvalue weighted by atomic mass is 10.0. The minimum absolute atomic E-state index is 0.550. The normalized spacial score (nSPS) is 10.8. The van der Waals surface area contributed by atoms with Gasteiger partial charge in [0.25, 0.3) is 0 Å². The maximum Gasteiger partial charge on any atom is 0.0461 e. The smallest absolute Gasteiger partial charge is 0.0461 e. The Labute approximate surface area is 139 Å². The summed E-state index contributed by atoms with van der Waals surface area (Å²) in [7, 11) is 0. The van der Waals surface area contributed by atoms with E-state index in [4.69, 9.17) is 0 Å². The standard InChI is InChI=1S/C22H23N/c1-17(2)19-11-15-22(16-12-19)23(20-7-5-4-6-8-20)21-13-9-18(3)10-14-21/h4-17H,1-3H3. The summed E-state index contributed by atoms with van der Waals surface area (Å²) in [4.78, 5) is 2.30. The molecule has 0 unspecified atom stereocenters. The average Bonchev–Trinajstić information content (AvgIpc) is 2.58. The van der Waals surface area contributed by atoms with Crippen LogP contribution in [0, 0.1) is 6.92 Å². The lowest BCUT2D eigenvalue weighted by Gasteiger charge is -2.26. The van der Waals surface area contributed by atoms with Crippen LogP contribution >= 0.6 is 0 Å². The molecule has 1 heteroatoms. The van der Waals surface area contributed by atoms with Gasteiger partial charge in [0, 0.05) is 17.1 Å². The van der Waals surface area contributed by atoms with Crippen molar-refractivity contribution < 1.29 is 0 Å². The van der Waals surface area contributed by atoms with E-state index in [0.29, 0.717) is 5.92 Å². The van der Waals surface area contributed by atoms with Gasteiger partial charge in [-0.15, -0.1) is 0 Å². The first-order valence-electron chi connectivity index (χ1n) is 8.17. The van der Waals surface area contributed by atoms with Crippen LogP contribution in [0.2, 0.25) is 0 Å². The highest BCUT2D eigenvalue weighted by atomic mass is 15.1. The third kappa shape index (κ3) is 3.45. The molecule has 0 fully saturated rings. The summed E-state index contributed by atoms with van der Waals surface area (Å²) in [6.45, 7) is 6.57. The first-order chi connectivity index (χ1) is 11.1. The number of benzene rings is 3. The van der Waals surface area contributed by atoms with Crippen molar-refractivity contribution in [2.24, 2.45) is 0 Å². The van der Waals surface area contributed by atoms with Crippen molar-refractivity contribution in [3.8, 4) is 0 Å². The summed E-state index contributed by atoms with van der Waals surface area (Å²) in [6.07, 6.45) is 0. The molecular weight excluding hydrogens is 278 g/mol.